The van der Waals surface area contributed by atoms with Crippen LogP contribution in [0.3, 0.4) is 0 Å². The van der Waals surface area contributed by atoms with E-state index in [1.165, 1.54) is 6.92 Å². The smallest absolute Gasteiger partial charge is 0.222 e. The van der Waals surface area contributed by atoms with Gasteiger partial charge in [-0.15, -0.1) is 0 Å². The Labute approximate surface area is 141 Å². The molecule has 3 unspecified atom stereocenters. The zero-order valence-electron chi connectivity index (χ0n) is 14.0. The zero-order valence-corrected chi connectivity index (χ0v) is 14.0. The van der Waals surface area contributed by atoms with E-state index in [4.69, 9.17) is 4.74 Å². The van der Waals surface area contributed by atoms with E-state index in [9.17, 15) is 14.7 Å². The number of benzene rings is 1. The highest BCUT2D eigenvalue weighted by Gasteiger charge is 2.25. The number of ether oxygens (including phenoxy) is 1. The minimum Gasteiger partial charge on any atom is -0.497 e. The van der Waals surface area contributed by atoms with Gasteiger partial charge in [-0.1, -0.05) is 12.1 Å². The van der Waals surface area contributed by atoms with Crippen LogP contribution in [0, 0.1) is 5.92 Å². The van der Waals surface area contributed by atoms with Gasteiger partial charge >= 0.3 is 0 Å². The third kappa shape index (κ3) is 5.21. The van der Waals surface area contributed by atoms with Gasteiger partial charge < -0.3 is 25.8 Å². The first kappa shape index (κ1) is 18.2. The SMILES string of the molecule is COc1ccc(C(CC(=O)NCC2CNCC2O)NC(C)=O)cc1. The topological polar surface area (TPSA) is 99.7 Å². The van der Waals surface area contributed by atoms with Gasteiger partial charge in [0.2, 0.25) is 11.8 Å². The van der Waals surface area contributed by atoms with Crippen LogP contribution in [0.1, 0.15) is 24.9 Å². The molecule has 0 saturated carbocycles. The monoisotopic (exact) mass is 335 g/mol. The number of hydrogen-bond donors (Lipinski definition) is 4. The highest BCUT2D eigenvalue weighted by Crippen LogP contribution is 2.20. The van der Waals surface area contributed by atoms with Gasteiger partial charge in [0, 0.05) is 32.5 Å². The predicted molar refractivity (Wildman–Crippen MR) is 89.5 cm³/mol. The molecule has 0 spiro atoms. The molecule has 0 radical (unpaired) electrons. The molecule has 1 saturated heterocycles. The standard InChI is InChI=1S/C17H25N3O4/c1-11(21)20-15(12-3-5-14(24-2)6-4-12)7-17(23)19-9-13-8-18-10-16(13)22/h3-6,13,15-16,18,22H,7-10H2,1-2H3,(H,19,23)(H,20,21). The molecule has 0 aromatic heterocycles. The Balaban J connectivity index is 1.94. The van der Waals surface area contributed by atoms with Crippen LogP contribution in [0.15, 0.2) is 24.3 Å². The second kappa shape index (κ2) is 8.65. The van der Waals surface area contributed by atoms with Gasteiger partial charge in [-0.25, -0.2) is 0 Å². The lowest BCUT2D eigenvalue weighted by atomic mass is 10.0. The molecule has 1 heterocycles. The fourth-order valence-corrected chi connectivity index (χ4v) is 2.76. The van der Waals surface area contributed by atoms with Crippen molar-refractivity contribution >= 4 is 11.8 Å². The summed E-state index contributed by atoms with van der Waals surface area (Å²) in [5.74, 6) is 0.379. The summed E-state index contributed by atoms with van der Waals surface area (Å²) in [4.78, 5) is 23.6. The average Bonchev–Trinajstić information content (AvgIpc) is 2.97. The van der Waals surface area contributed by atoms with Gasteiger partial charge in [0.25, 0.3) is 0 Å². The van der Waals surface area contributed by atoms with E-state index in [1.807, 2.05) is 12.1 Å². The maximum atomic E-state index is 12.2. The largest absolute Gasteiger partial charge is 0.497 e. The Hall–Kier alpha value is -2.12. The number of aliphatic hydroxyl groups excluding tert-OH is 1. The quantitative estimate of drug-likeness (QED) is 0.560. The third-order valence-corrected chi connectivity index (χ3v) is 4.15. The van der Waals surface area contributed by atoms with E-state index < -0.39 is 12.1 Å². The van der Waals surface area contributed by atoms with Gasteiger partial charge in [-0.05, 0) is 17.7 Å². The van der Waals surface area contributed by atoms with Crippen molar-refractivity contribution in [2.75, 3.05) is 26.7 Å². The van der Waals surface area contributed by atoms with Gasteiger partial charge in [-0.2, -0.15) is 0 Å². The highest BCUT2D eigenvalue weighted by atomic mass is 16.5. The maximum Gasteiger partial charge on any atom is 0.222 e. The minimum atomic E-state index is -0.432. The Kier molecular flexibility index (Phi) is 6.57. The summed E-state index contributed by atoms with van der Waals surface area (Å²) < 4.78 is 5.12. The molecule has 1 aliphatic heterocycles. The Morgan fingerprint density at radius 3 is 2.58 bits per heavy atom. The first-order valence-electron chi connectivity index (χ1n) is 8.06. The Morgan fingerprint density at radius 2 is 2.04 bits per heavy atom. The van der Waals surface area contributed by atoms with Gasteiger partial charge in [0.1, 0.15) is 5.75 Å². The van der Waals surface area contributed by atoms with Crippen LogP contribution in [0.2, 0.25) is 0 Å². The number of carbonyl (C=O) groups excluding carboxylic acids is 2. The number of methoxy groups -OCH3 is 1. The normalized spacial score (nSPS) is 21.1. The summed E-state index contributed by atoms with van der Waals surface area (Å²) in [5.41, 5.74) is 0.837. The highest BCUT2D eigenvalue weighted by molar-refractivity contribution is 5.79. The van der Waals surface area contributed by atoms with Crippen LogP contribution in [0.4, 0.5) is 0 Å². The summed E-state index contributed by atoms with van der Waals surface area (Å²) in [6.07, 6.45) is -0.291. The number of rotatable bonds is 7. The van der Waals surface area contributed by atoms with Crippen molar-refractivity contribution in [1.82, 2.24) is 16.0 Å². The van der Waals surface area contributed by atoms with Crippen molar-refractivity contribution < 1.29 is 19.4 Å². The van der Waals surface area contributed by atoms with E-state index in [1.54, 1.807) is 19.2 Å². The summed E-state index contributed by atoms with van der Waals surface area (Å²) >= 11 is 0. The van der Waals surface area contributed by atoms with Gasteiger partial charge in [-0.3, -0.25) is 9.59 Å². The lowest BCUT2D eigenvalue weighted by molar-refractivity contribution is -0.123. The average molecular weight is 335 g/mol. The minimum absolute atomic E-state index is 0.0224. The molecule has 1 aromatic rings. The van der Waals surface area contributed by atoms with Crippen molar-refractivity contribution in [2.45, 2.75) is 25.5 Å². The molecule has 2 rings (SSSR count). The summed E-state index contributed by atoms with van der Waals surface area (Å²) in [6.45, 7) is 3.09. The molecule has 2 amide bonds. The number of β-amino-alcohol motifs (C(OH)–C–C–N with tert-alkyl or cyclic N) is 1. The molecule has 132 valence electrons. The first-order chi connectivity index (χ1) is 11.5. The Morgan fingerprint density at radius 1 is 1.33 bits per heavy atom. The van der Waals surface area contributed by atoms with Crippen LogP contribution in [0.25, 0.3) is 0 Å². The number of amides is 2. The van der Waals surface area contributed by atoms with Crippen LogP contribution in [-0.4, -0.2) is 49.8 Å². The lowest BCUT2D eigenvalue weighted by Gasteiger charge is -2.20. The number of hydrogen-bond acceptors (Lipinski definition) is 5. The van der Waals surface area contributed by atoms with Crippen LogP contribution >= 0.6 is 0 Å². The molecule has 7 heteroatoms. The molecular formula is C17H25N3O4. The van der Waals surface area contributed by atoms with Crippen molar-refractivity contribution in [3.05, 3.63) is 29.8 Å². The van der Waals surface area contributed by atoms with Crippen LogP contribution < -0.4 is 20.7 Å². The number of nitrogens with one attached hydrogen (secondary N) is 3. The van der Waals surface area contributed by atoms with E-state index >= 15 is 0 Å². The number of aliphatic hydroxyl groups is 1. The van der Waals surface area contributed by atoms with Crippen molar-refractivity contribution in [3.8, 4) is 5.75 Å². The fourth-order valence-electron chi connectivity index (χ4n) is 2.76. The van der Waals surface area contributed by atoms with E-state index in [-0.39, 0.29) is 24.2 Å². The molecule has 1 aromatic carbocycles. The fraction of sp³-hybridized carbons (Fsp3) is 0.529. The third-order valence-electron chi connectivity index (χ3n) is 4.15. The molecule has 4 N–H and O–H groups in total. The summed E-state index contributed by atoms with van der Waals surface area (Å²) in [5, 5.41) is 18.5. The van der Waals surface area contributed by atoms with Gasteiger partial charge in [0.05, 0.1) is 25.7 Å². The molecule has 7 nitrogen and oxygen atoms in total. The van der Waals surface area contributed by atoms with Crippen LogP contribution in [-0.2, 0) is 9.59 Å². The molecule has 1 aliphatic rings. The molecule has 0 aliphatic carbocycles. The molecule has 24 heavy (non-hydrogen) atoms. The Bertz CT molecular complexity index is 561. The maximum absolute atomic E-state index is 12.2. The molecule has 1 fully saturated rings. The lowest BCUT2D eigenvalue weighted by Crippen LogP contribution is -2.37. The molecule has 3 atom stereocenters. The molecular weight excluding hydrogens is 310 g/mol. The van der Waals surface area contributed by atoms with Crippen molar-refractivity contribution in [3.63, 3.8) is 0 Å². The second-order valence-corrected chi connectivity index (χ2v) is 6.02. The number of carbonyl (C=O) groups is 2. The van der Waals surface area contributed by atoms with Gasteiger partial charge in [0.15, 0.2) is 0 Å². The van der Waals surface area contributed by atoms with E-state index in [0.717, 1.165) is 5.56 Å². The predicted octanol–water partition coefficient (Wildman–Crippen LogP) is -0.0410. The van der Waals surface area contributed by atoms with E-state index in [2.05, 4.69) is 16.0 Å². The van der Waals surface area contributed by atoms with Crippen LogP contribution in [0.5, 0.6) is 5.75 Å². The first-order valence-corrected chi connectivity index (χ1v) is 8.06. The zero-order chi connectivity index (χ0) is 17.5. The summed E-state index contributed by atoms with van der Waals surface area (Å²) in [7, 11) is 1.58. The van der Waals surface area contributed by atoms with Crippen molar-refractivity contribution in [1.29, 1.82) is 0 Å². The molecule has 0 bridgehead atoms. The van der Waals surface area contributed by atoms with E-state index in [0.29, 0.717) is 25.4 Å². The second-order valence-electron chi connectivity index (χ2n) is 6.02. The van der Waals surface area contributed by atoms with Crippen molar-refractivity contribution in [2.24, 2.45) is 5.92 Å². The summed E-state index contributed by atoms with van der Waals surface area (Å²) in [6, 6.07) is 6.85.